The molecule has 150 valence electrons. The highest BCUT2D eigenvalue weighted by Crippen LogP contribution is 2.33. The van der Waals surface area contributed by atoms with E-state index in [-0.39, 0.29) is 5.91 Å². The molecule has 3 heteroatoms. The summed E-state index contributed by atoms with van der Waals surface area (Å²) in [5.74, 6) is 0.0192. The maximum Gasteiger partial charge on any atom is 0.224 e. The van der Waals surface area contributed by atoms with Crippen LogP contribution in [0.15, 0.2) is 91.1 Å². The van der Waals surface area contributed by atoms with Crippen LogP contribution in [0, 0.1) is 0 Å². The van der Waals surface area contributed by atoms with Crippen molar-refractivity contribution in [3.8, 4) is 22.4 Å². The third kappa shape index (κ3) is 3.78. The zero-order valence-electron chi connectivity index (χ0n) is 17.3. The Hall–Kier alpha value is -3.98. The topological polar surface area (TPSA) is 33.2 Å². The summed E-state index contributed by atoms with van der Waals surface area (Å²) in [4.78, 5) is 19.2. The lowest BCUT2D eigenvalue weighted by molar-refractivity contribution is -0.116. The van der Waals surface area contributed by atoms with Gasteiger partial charge in [0.15, 0.2) is 0 Å². The largest absolute Gasteiger partial charge is 0.308 e. The molecule has 3 nitrogen and oxygen atoms in total. The van der Waals surface area contributed by atoms with E-state index in [2.05, 4.69) is 65.7 Å². The number of anilines is 1. The van der Waals surface area contributed by atoms with E-state index >= 15 is 0 Å². The van der Waals surface area contributed by atoms with Crippen LogP contribution in [0.5, 0.6) is 0 Å². The minimum absolute atomic E-state index is 0.0192. The molecule has 0 N–H and O–H groups in total. The molecular formula is C28H22N2O. The van der Waals surface area contributed by atoms with Crippen molar-refractivity contribution in [2.45, 2.75) is 13.5 Å². The van der Waals surface area contributed by atoms with E-state index in [4.69, 9.17) is 0 Å². The van der Waals surface area contributed by atoms with E-state index in [1.54, 1.807) is 6.92 Å². The van der Waals surface area contributed by atoms with E-state index < -0.39 is 0 Å². The molecule has 1 aromatic heterocycles. The van der Waals surface area contributed by atoms with Gasteiger partial charge in [0.05, 0.1) is 17.9 Å². The smallest absolute Gasteiger partial charge is 0.224 e. The SMILES string of the molecule is CC(=O)N1Cc2cc(-c3ccccc3)ncc2/C=C\c2ccc(-c3ccccc3)cc21. The Morgan fingerprint density at radius 3 is 2.16 bits per heavy atom. The highest BCUT2D eigenvalue weighted by Gasteiger charge is 2.20. The van der Waals surface area contributed by atoms with Gasteiger partial charge in [0.1, 0.15) is 0 Å². The number of amides is 1. The quantitative estimate of drug-likeness (QED) is 0.386. The summed E-state index contributed by atoms with van der Waals surface area (Å²) in [6, 6.07) is 28.8. The number of rotatable bonds is 2. The van der Waals surface area contributed by atoms with Crippen molar-refractivity contribution in [3.05, 3.63) is 108 Å². The second-order valence-electron chi connectivity index (χ2n) is 7.71. The predicted octanol–water partition coefficient (Wildman–Crippen LogP) is 6.45. The van der Waals surface area contributed by atoms with Gasteiger partial charge in [-0.25, -0.2) is 0 Å². The molecule has 0 spiro atoms. The van der Waals surface area contributed by atoms with Crippen molar-refractivity contribution in [1.82, 2.24) is 4.98 Å². The Kier molecular flexibility index (Phi) is 4.93. The van der Waals surface area contributed by atoms with Gasteiger partial charge in [0.2, 0.25) is 5.91 Å². The van der Waals surface area contributed by atoms with Gasteiger partial charge in [0.25, 0.3) is 0 Å². The number of hydrogen-bond donors (Lipinski definition) is 0. The summed E-state index contributed by atoms with van der Waals surface area (Å²) in [5, 5.41) is 0. The molecule has 1 amide bonds. The van der Waals surface area contributed by atoms with Gasteiger partial charge in [-0.15, -0.1) is 0 Å². The molecular weight excluding hydrogens is 380 g/mol. The van der Waals surface area contributed by atoms with E-state index in [0.717, 1.165) is 44.8 Å². The molecule has 3 aromatic carbocycles. The molecule has 1 aliphatic heterocycles. The number of hydrogen-bond acceptors (Lipinski definition) is 2. The predicted molar refractivity (Wildman–Crippen MR) is 127 cm³/mol. The third-order valence-corrected chi connectivity index (χ3v) is 5.67. The van der Waals surface area contributed by atoms with Crippen molar-refractivity contribution < 1.29 is 4.79 Å². The Bertz CT molecular complexity index is 1280. The molecule has 1 aliphatic rings. The molecule has 5 rings (SSSR count). The number of carbonyl (C=O) groups is 1. The van der Waals surface area contributed by atoms with Crippen molar-refractivity contribution in [3.63, 3.8) is 0 Å². The average Bonchev–Trinajstić information content (AvgIpc) is 2.81. The molecule has 0 bridgehead atoms. The average molecular weight is 402 g/mol. The Balaban J connectivity index is 1.61. The highest BCUT2D eigenvalue weighted by molar-refractivity contribution is 5.96. The maximum absolute atomic E-state index is 12.7. The summed E-state index contributed by atoms with van der Waals surface area (Å²) >= 11 is 0. The molecule has 0 aliphatic carbocycles. The molecule has 0 atom stereocenters. The zero-order chi connectivity index (χ0) is 21.2. The summed E-state index contributed by atoms with van der Waals surface area (Å²) in [7, 11) is 0. The van der Waals surface area contributed by atoms with Crippen LogP contribution in [0.25, 0.3) is 34.5 Å². The summed E-state index contributed by atoms with van der Waals surface area (Å²) < 4.78 is 0. The first kappa shape index (κ1) is 19.0. The summed E-state index contributed by atoms with van der Waals surface area (Å²) in [5.41, 5.74) is 8.27. The number of pyridine rings is 1. The van der Waals surface area contributed by atoms with Crippen molar-refractivity contribution in [2.24, 2.45) is 0 Å². The first-order valence-corrected chi connectivity index (χ1v) is 10.4. The zero-order valence-corrected chi connectivity index (χ0v) is 17.3. The van der Waals surface area contributed by atoms with Gasteiger partial charge in [-0.1, -0.05) is 84.9 Å². The lowest BCUT2D eigenvalue weighted by atomic mass is 9.97. The van der Waals surface area contributed by atoms with E-state index in [0.29, 0.717) is 6.54 Å². The fourth-order valence-electron chi connectivity index (χ4n) is 4.01. The van der Waals surface area contributed by atoms with Gasteiger partial charge in [-0.3, -0.25) is 9.78 Å². The highest BCUT2D eigenvalue weighted by atomic mass is 16.2. The minimum Gasteiger partial charge on any atom is -0.308 e. The van der Waals surface area contributed by atoms with Crippen LogP contribution >= 0.6 is 0 Å². The van der Waals surface area contributed by atoms with Crippen LogP contribution in [0.3, 0.4) is 0 Å². The normalized spacial score (nSPS) is 13.5. The fourth-order valence-corrected chi connectivity index (χ4v) is 4.01. The van der Waals surface area contributed by atoms with Crippen LogP contribution in [0.2, 0.25) is 0 Å². The first-order chi connectivity index (χ1) is 15.2. The van der Waals surface area contributed by atoms with Gasteiger partial charge in [-0.2, -0.15) is 0 Å². The summed E-state index contributed by atoms with van der Waals surface area (Å²) in [6.07, 6.45) is 6.06. The molecule has 0 fully saturated rings. The van der Waals surface area contributed by atoms with Gasteiger partial charge in [-0.05, 0) is 39.9 Å². The lowest BCUT2D eigenvalue weighted by Crippen LogP contribution is -2.29. The number of carbonyl (C=O) groups excluding carboxylic acids is 1. The first-order valence-electron chi connectivity index (χ1n) is 10.4. The number of fused-ring (bicyclic) bond motifs is 2. The van der Waals surface area contributed by atoms with E-state index in [9.17, 15) is 4.79 Å². The van der Waals surface area contributed by atoms with Crippen LogP contribution < -0.4 is 4.90 Å². The van der Waals surface area contributed by atoms with Crippen molar-refractivity contribution in [1.29, 1.82) is 0 Å². The molecule has 4 aromatic rings. The second-order valence-corrected chi connectivity index (χ2v) is 7.71. The lowest BCUT2D eigenvalue weighted by Gasteiger charge is -2.26. The standard InChI is InChI=1S/C28H22N2O/c1-20(31)30-19-26-16-27(22-10-6-3-7-11-22)29-18-25(26)15-13-23-12-14-24(17-28(23)30)21-8-4-2-5-9-21/h2-18H,19H2,1H3/b15-13-. The molecule has 0 saturated heterocycles. The Labute approximate surface area is 182 Å². The molecule has 0 unspecified atom stereocenters. The van der Waals surface area contributed by atoms with Gasteiger partial charge in [0, 0.05) is 18.7 Å². The molecule has 0 radical (unpaired) electrons. The Morgan fingerprint density at radius 1 is 0.774 bits per heavy atom. The van der Waals surface area contributed by atoms with Crippen LogP contribution in [-0.2, 0) is 11.3 Å². The maximum atomic E-state index is 12.7. The molecule has 0 saturated carbocycles. The van der Waals surface area contributed by atoms with Crippen LogP contribution in [0.4, 0.5) is 5.69 Å². The monoisotopic (exact) mass is 402 g/mol. The van der Waals surface area contributed by atoms with E-state index in [1.165, 1.54) is 0 Å². The van der Waals surface area contributed by atoms with Crippen molar-refractivity contribution >= 4 is 23.7 Å². The van der Waals surface area contributed by atoms with E-state index in [1.807, 2.05) is 47.5 Å². The van der Waals surface area contributed by atoms with Crippen molar-refractivity contribution in [2.75, 3.05) is 4.90 Å². The van der Waals surface area contributed by atoms with Gasteiger partial charge >= 0.3 is 0 Å². The Morgan fingerprint density at radius 2 is 1.45 bits per heavy atom. The summed E-state index contributed by atoms with van der Waals surface area (Å²) in [6.45, 7) is 2.13. The molecule has 31 heavy (non-hydrogen) atoms. The third-order valence-electron chi connectivity index (χ3n) is 5.67. The fraction of sp³-hybridized carbons (Fsp3) is 0.0714. The van der Waals surface area contributed by atoms with Gasteiger partial charge < -0.3 is 4.90 Å². The number of aromatic nitrogens is 1. The second kappa shape index (κ2) is 8.04. The van der Waals surface area contributed by atoms with Crippen LogP contribution in [0.1, 0.15) is 23.6 Å². The number of benzene rings is 3. The molecule has 2 heterocycles. The number of nitrogens with zero attached hydrogens (tertiary/aromatic N) is 2. The minimum atomic E-state index is 0.0192. The van der Waals surface area contributed by atoms with Crippen LogP contribution in [-0.4, -0.2) is 10.9 Å².